The Morgan fingerprint density at radius 1 is 1.64 bits per heavy atom. The van der Waals surface area contributed by atoms with Gasteiger partial charge in [0, 0.05) is 18.4 Å². The van der Waals surface area contributed by atoms with Crippen LogP contribution in [-0.2, 0) is 0 Å². The molecule has 1 heterocycles. The summed E-state index contributed by atoms with van der Waals surface area (Å²) in [6.07, 6.45) is 5.32. The van der Waals surface area contributed by atoms with Crippen molar-refractivity contribution in [1.82, 2.24) is 10.3 Å². The van der Waals surface area contributed by atoms with Gasteiger partial charge in [0.1, 0.15) is 0 Å². The minimum atomic E-state index is -0.0425. The summed E-state index contributed by atoms with van der Waals surface area (Å²) in [6, 6.07) is 3.76. The van der Waals surface area contributed by atoms with E-state index in [1.54, 1.807) is 24.5 Å². The van der Waals surface area contributed by atoms with Gasteiger partial charge in [-0.15, -0.1) is 0 Å². The van der Waals surface area contributed by atoms with Crippen LogP contribution in [0.2, 0.25) is 0 Å². The summed E-state index contributed by atoms with van der Waals surface area (Å²) in [4.78, 5) is 15.5. The van der Waals surface area contributed by atoms with Crippen LogP contribution in [0.15, 0.2) is 24.5 Å². The molecular weight excluding hydrogens is 176 g/mol. The average molecular weight is 192 g/mol. The molecular formula is C11H16N2O. The summed E-state index contributed by atoms with van der Waals surface area (Å²) in [5, 5.41) is 2.92. The summed E-state index contributed by atoms with van der Waals surface area (Å²) < 4.78 is 0. The molecule has 0 bridgehead atoms. The summed E-state index contributed by atoms with van der Waals surface area (Å²) in [5.74, 6) is -0.0425. The average Bonchev–Trinajstić information content (AvgIpc) is 2.19. The van der Waals surface area contributed by atoms with Gasteiger partial charge in [-0.1, -0.05) is 13.3 Å². The number of hydrogen-bond acceptors (Lipinski definition) is 2. The lowest BCUT2D eigenvalue weighted by Crippen LogP contribution is -2.32. The highest BCUT2D eigenvalue weighted by molar-refractivity contribution is 5.93. The predicted octanol–water partition coefficient (Wildman–Crippen LogP) is 2.00. The van der Waals surface area contributed by atoms with Crippen LogP contribution in [-0.4, -0.2) is 16.9 Å². The van der Waals surface area contributed by atoms with Crippen LogP contribution in [0.5, 0.6) is 0 Å². The molecule has 1 N–H and O–H groups in total. The van der Waals surface area contributed by atoms with Crippen molar-refractivity contribution in [2.24, 2.45) is 0 Å². The molecule has 1 aromatic rings. The van der Waals surface area contributed by atoms with Crippen molar-refractivity contribution in [3.8, 4) is 0 Å². The highest BCUT2D eigenvalue weighted by Crippen LogP contribution is 1.99. The van der Waals surface area contributed by atoms with E-state index in [9.17, 15) is 4.79 Å². The fourth-order valence-electron chi connectivity index (χ4n) is 1.31. The monoisotopic (exact) mass is 192 g/mol. The minimum absolute atomic E-state index is 0.0425. The Morgan fingerprint density at radius 2 is 2.43 bits per heavy atom. The van der Waals surface area contributed by atoms with E-state index in [0.29, 0.717) is 5.56 Å². The third-order valence-electron chi connectivity index (χ3n) is 2.02. The number of nitrogens with one attached hydrogen (secondary N) is 1. The molecule has 3 nitrogen and oxygen atoms in total. The van der Waals surface area contributed by atoms with Gasteiger partial charge < -0.3 is 5.32 Å². The maximum Gasteiger partial charge on any atom is 0.253 e. The SMILES string of the molecule is CCC[C@@H](C)NC(=O)c1cccnc1. The van der Waals surface area contributed by atoms with Gasteiger partial charge in [0.05, 0.1) is 5.56 Å². The molecule has 14 heavy (non-hydrogen) atoms. The lowest BCUT2D eigenvalue weighted by Gasteiger charge is -2.12. The van der Waals surface area contributed by atoms with Crippen molar-refractivity contribution in [2.45, 2.75) is 32.7 Å². The lowest BCUT2D eigenvalue weighted by atomic mass is 10.2. The fourth-order valence-corrected chi connectivity index (χ4v) is 1.31. The highest BCUT2D eigenvalue weighted by atomic mass is 16.1. The van der Waals surface area contributed by atoms with E-state index in [4.69, 9.17) is 0 Å². The number of amides is 1. The van der Waals surface area contributed by atoms with E-state index < -0.39 is 0 Å². The first kappa shape index (κ1) is 10.7. The smallest absolute Gasteiger partial charge is 0.253 e. The van der Waals surface area contributed by atoms with Crippen molar-refractivity contribution in [2.75, 3.05) is 0 Å². The molecule has 76 valence electrons. The molecule has 0 unspecified atom stereocenters. The van der Waals surface area contributed by atoms with Gasteiger partial charge in [-0.3, -0.25) is 9.78 Å². The number of aromatic nitrogens is 1. The number of carbonyl (C=O) groups is 1. The molecule has 0 saturated carbocycles. The summed E-state index contributed by atoms with van der Waals surface area (Å²) in [6.45, 7) is 4.12. The molecule has 1 amide bonds. The van der Waals surface area contributed by atoms with Gasteiger partial charge >= 0.3 is 0 Å². The van der Waals surface area contributed by atoms with E-state index >= 15 is 0 Å². The second-order valence-electron chi connectivity index (χ2n) is 3.40. The molecule has 0 radical (unpaired) electrons. The Kier molecular flexibility index (Phi) is 4.11. The Hall–Kier alpha value is -1.38. The van der Waals surface area contributed by atoms with Crippen LogP contribution in [0.1, 0.15) is 37.0 Å². The van der Waals surface area contributed by atoms with E-state index in [-0.39, 0.29) is 11.9 Å². The summed E-state index contributed by atoms with van der Waals surface area (Å²) >= 11 is 0. The standard InChI is InChI=1S/C11H16N2O/c1-3-5-9(2)13-11(14)10-6-4-7-12-8-10/h4,6-9H,3,5H2,1-2H3,(H,13,14)/t9-/m1/s1. The topological polar surface area (TPSA) is 42.0 Å². The van der Waals surface area contributed by atoms with Crippen molar-refractivity contribution in [3.63, 3.8) is 0 Å². The number of hydrogen-bond donors (Lipinski definition) is 1. The normalized spacial score (nSPS) is 12.1. The zero-order valence-corrected chi connectivity index (χ0v) is 8.66. The number of carbonyl (C=O) groups excluding carboxylic acids is 1. The molecule has 1 aromatic heterocycles. The van der Waals surface area contributed by atoms with E-state index in [1.165, 1.54) is 0 Å². The third kappa shape index (κ3) is 3.17. The second kappa shape index (κ2) is 5.37. The van der Waals surface area contributed by atoms with Gasteiger partial charge in [-0.05, 0) is 25.5 Å². The highest BCUT2D eigenvalue weighted by Gasteiger charge is 2.07. The van der Waals surface area contributed by atoms with Gasteiger partial charge in [0.15, 0.2) is 0 Å². The minimum Gasteiger partial charge on any atom is -0.350 e. The van der Waals surface area contributed by atoms with Gasteiger partial charge in [0.25, 0.3) is 5.91 Å². The Bertz CT molecular complexity index is 285. The quantitative estimate of drug-likeness (QED) is 0.792. The maximum absolute atomic E-state index is 11.6. The van der Waals surface area contributed by atoms with Gasteiger partial charge in [0.2, 0.25) is 0 Å². The summed E-state index contributed by atoms with van der Waals surface area (Å²) in [7, 11) is 0. The van der Waals surface area contributed by atoms with Crippen LogP contribution in [0.25, 0.3) is 0 Å². The van der Waals surface area contributed by atoms with Crippen LogP contribution >= 0.6 is 0 Å². The van der Waals surface area contributed by atoms with E-state index in [1.807, 2.05) is 6.92 Å². The maximum atomic E-state index is 11.6. The van der Waals surface area contributed by atoms with Crippen LogP contribution in [0.4, 0.5) is 0 Å². The van der Waals surface area contributed by atoms with Gasteiger partial charge in [-0.25, -0.2) is 0 Å². The van der Waals surface area contributed by atoms with Crippen LogP contribution < -0.4 is 5.32 Å². The molecule has 0 spiro atoms. The number of rotatable bonds is 4. The van der Waals surface area contributed by atoms with Crippen LogP contribution in [0, 0.1) is 0 Å². The second-order valence-corrected chi connectivity index (χ2v) is 3.40. The molecule has 0 saturated heterocycles. The molecule has 0 aliphatic carbocycles. The Balaban J connectivity index is 2.51. The first-order valence-electron chi connectivity index (χ1n) is 4.95. The van der Waals surface area contributed by atoms with Crippen molar-refractivity contribution in [3.05, 3.63) is 30.1 Å². The zero-order chi connectivity index (χ0) is 10.4. The van der Waals surface area contributed by atoms with Crippen molar-refractivity contribution >= 4 is 5.91 Å². The predicted molar refractivity (Wildman–Crippen MR) is 56.1 cm³/mol. The molecule has 0 aromatic carbocycles. The first-order valence-corrected chi connectivity index (χ1v) is 4.95. The number of nitrogens with zero attached hydrogens (tertiary/aromatic N) is 1. The van der Waals surface area contributed by atoms with Crippen molar-refractivity contribution in [1.29, 1.82) is 0 Å². The Labute approximate surface area is 84.6 Å². The third-order valence-corrected chi connectivity index (χ3v) is 2.02. The zero-order valence-electron chi connectivity index (χ0n) is 8.66. The number of pyridine rings is 1. The van der Waals surface area contributed by atoms with Crippen LogP contribution in [0.3, 0.4) is 0 Å². The fraction of sp³-hybridized carbons (Fsp3) is 0.455. The molecule has 0 aliphatic rings. The van der Waals surface area contributed by atoms with Gasteiger partial charge in [-0.2, -0.15) is 0 Å². The lowest BCUT2D eigenvalue weighted by molar-refractivity contribution is 0.0938. The molecule has 1 atom stereocenters. The molecule has 0 fully saturated rings. The van der Waals surface area contributed by atoms with E-state index in [2.05, 4.69) is 17.2 Å². The Morgan fingerprint density at radius 3 is 3.00 bits per heavy atom. The molecule has 0 aliphatic heterocycles. The van der Waals surface area contributed by atoms with Crippen molar-refractivity contribution < 1.29 is 4.79 Å². The van der Waals surface area contributed by atoms with E-state index in [0.717, 1.165) is 12.8 Å². The largest absolute Gasteiger partial charge is 0.350 e. The molecule has 1 rings (SSSR count). The molecule has 3 heteroatoms. The summed E-state index contributed by atoms with van der Waals surface area (Å²) in [5.41, 5.74) is 0.621. The first-order chi connectivity index (χ1) is 6.74.